The van der Waals surface area contributed by atoms with Gasteiger partial charge >= 0.3 is 6.18 Å². The molecule has 0 aromatic carbocycles. The minimum absolute atomic E-state index is 0.102. The van der Waals surface area contributed by atoms with Crippen molar-refractivity contribution in [2.24, 2.45) is 0 Å². The molecular formula is C12H15F3N2. The van der Waals surface area contributed by atoms with Crippen LogP contribution in [0.4, 0.5) is 13.2 Å². The molecule has 1 aromatic rings. The van der Waals surface area contributed by atoms with Crippen LogP contribution in [0.5, 0.6) is 0 Å². The molecule has 1 aromatic heterocycles. The van der Waals surface area contributed by atoms with E-state index in [1.54, 1.807) is 7.05 Å². The van der Waals surface area contributed by atoms with Crippen molar-refractivity contribution in [3.63, 3.8) is 0 Å². The van der Waals surface area contributed by atoms with Crippen LogP contribution in [-0.4, -0.2) is 12.0 Å². The number of halogens is 3. The molecule has 0 fully saturated rings. The fourth-order valence-electron chi connectivity index (χ4n) is 1.48. The summed E-state index contributed by atoms with van der Waals surface area (Å²) in [6.45, 7) is 5.65. The van der Waals surface area contributed by atoms with E-state index in [2.05, 4.69) is 16.9 Å². The molecule has 0 aliphatic carbocycles. The largest absolute Gasteiger partial charge is 0.417 e. The van der Waals surface area contributed by atoms with Crippen molar-refractivity contribution in [3.05, 3.63) is 41.7 Å². The fraction of sp³-hybridized carbons (Fsp3) is 0.417. The average Bonchev–Trinajstić information content (AvgIpc) is 2.24. The summed E-state index contributed by atoms with van der Waals surface area (Å²) in [7, 11) is 1.74. The van der Waals surface area contributed by atoms with E-state index < -0.39 is 11.7 Å². The molecule has 0 spiro atoms. The first-order valence-electron chi connectivity index (χ1n) is 5.19. The molecule has 1 heterocycles. The topological polar surface area (TPSA) is 24.9 Å². The summed E-state index contributed by atoms with van der Waals surface area (Å²) in [6.07, 6.45) is -2.83. The molecule has 0 saturated carbocycles. The Hall–Kier alpha value is -1.36. The number of nitrogens with zero attached hydrogens (tertiary/aromatic N) is 1. The third-order valence-corrected chi connectivity index (χ3v) is 2.37. The summed E-state index contributed by atoms with van der Waals surface area (Å²) in [5.74, 6) is 0. The van der Waals surface area contributed by atoms with Gasteiger partial charge in [0.05, 0.1) is 17.3 Å². The van der Waals surface area contributed by atoms with Gasteiger partial charge in [0.25, 0.3) is 0 Å². The number of pyridine rings is 1. The minimum atomic E-state index is -4.34. The number of aromatic nitrogens is 1. The van der Waals surface area contributed by atoms with Crippen LogP contribution in [0.3, 0.4) is 0 Å². The molecule has 0 radical (unpaired) electrons. The van der Waals surface area contributed by atoms with Gasteiger partial charge in [-0.1, -0.05) is 5.57 Å². The van der Waals surface area contributed by atoms with Crippen LogP contribution in [0, 0.1) is 0 Å². The second-order valence-electron chi connectivity index (χ2n) is 3.97. The van der Waals surface area contributed by atoms with E-state index in [1.165, 1.54) is 6.07 Å². The Labute approximate surface area is 98.6 Å². The molecule has 0 saturated heterocycles. The Balaban J connectivity index is 2.89. The van der Waals surface area contributed by atoms with Crippen LogP contribution >= 0.6 is 0 Å². The van der Waals surface area contributed by atoms with Gasteiger partial charge in [0, 0.05) is 6.20 Å². The normalized spacial score (nSPS) is 13.5. The summed E-state index contributed by atoms with van der Waals surface area (Å²) < 4.78 is 37.0. The molecule has 0 aliphatic rings. The van der Waals surface area contributed by atoms with E-state index in [9.17, 15) is 13.2 Å². The van der Waals surface area contributed by atoms with E-state index in [4.69, 9.17) is 0 Å². The Morgan fingerprint density at radius 2 is 2.12 bits per heavy atom. The zero-order valence-electron chi connectivity index (χ0n) is 9.80. The molecule has 17 heavy (non-hydrogen) atoms. The highest BCUT2D eigenvalue weighted by Crippen LogP contribution is 2.29. The van der Waals surface area contributed by atoms with E-state index in [1.807, 2.05) is 6.92 Å². The van der Waals surface area contributed by atoms with Crippen molar-refractivity contribution in [2.45, 2.75) is 25.6 Å². The maximum atomic E-state index is 12.3. The molecule has 0 amide bonds. The quantitative estimate of drug-likeness (QED) is 0.822. The lowest BCUT2D eigenvalue weighted by Gasteiger charge is -2.16. The van der Waals surface area contributed by atoms with Gasteiger partial charge in [-0.15, -0.1) is 6.58 Å². The van der Waals surface area contributed by atoms with Crippen LogP contribution in [0.2, 0.25) is 0 Å². The zero-order chi connectivity index (χ0) is 13.1. The van der Waals surface area contributed by atoms with Crippen molar-refractivity contribution in [1.29, 1.82) is 0 Å². The lowest BCUT2D eigenvalue weighted by Crippen LogP contribution is -2.18. The monoisotopic (exact) mass is 244 g/mol. The van der Waals surface area contributed by atoms with Crippen LogP contribution < -0.4 is 5.32 Å². The summed E-state index contributed by atoms with van der Waals surface area (Å²) in [4.78, 5) is 3.85. The number of alkyl halides is 3. The Bertz CT molecular complexity index is 382. The maximum Gasteiger partial charge on any atom is 0.417 e. The van der Waals surface area contributed by atoms with Gasteiger partial charge in [-0.05, 0) is 32.5 Å². The highest BCUT2D eigenvalue weighted by molar-refractivity contribution is 5.19. The molecule has 2 nitrogen and oxygen atoms in total. The smallest absolute Gasteiger partial charge is 0.311 e. The summed E-state index contributed by atoms with van der Waals surface area (Å²) in [6, 6.07) is 2.34. The standard InChI is InChI=1S/C12H15F3N2/c1-8(2)6-11(16-3)10-5-4-9(7-17-10)12(13,14)15/h4-5,7,11,16H,1,6H2,2-3H3. The second-order valence-corrected chi connectivity index (χ2v) is 3.97. The predicted molar refractivity (Wildman–Crippen MR) is 60.5 cm³/mol. The van der Waals surface area contributed by atoms with Gasteiger partial charge in [0.15, 0.2) is 0 Å². The molecule has 1 unspecified atom stereocenters. The lowest BCUT2D eigenvalue weighted by molar-refractivity contribution is -0.137. The van der Waals surface area contributed by atoms with Crippen molar-refractivity contribution in [3.8, 4) is 0 Å². The van der Waals surface area contributed by atoms with Crippen molar-refractivity contribution in [1.82, 2.24) is 10.3 Å². The first-order chi connectivity index (χ1) is 7.84. The molecule has 1 N–H and O–H groups in total. The first-order valence-corrected chi connectivity index (χ1v) is 5.19. The molecule has 1 atom stereocenters. The summed E-state index contributed by atoms with van der Waals surface area (Å²) in [5, 5.41) is 3.00. The van der Waals surface area contributed by atoms with Gasteiger partial charge in [-0.3, -0.25) is 4.98 Å². The highest BCUT2D eigenvalue weighted by Gasteiger charge is 2.30. The van der Waals surface area contributed by atoms with Gasteiger partial charge in [-0.2, -0.15) is 13.2 Å². The molecule has 94 valence electrons. The number of hydrogen-bond donors (Lipinski definition) is 1. The SMILES string of the molecule is C=C(C)CC(NC)c1ccc(C(F)(F)F)cn1. The highest BCUT2D eigenvalue weighted by atomic mass is 19.4. The average molecular weight is 244 g/mol. The Kier molecular flexibility index (Phi) is 4.28. The van der Waals surface area contributed by atoms with Crippen molar-refractivity contribution in [2.75, 3.05) is 7.05 Å². The van der Waals surface area contributed by atoms with Crippen molar-refractivity contribution >= 4 is 0 Å². The van der Waals surface area contributed by atoms with E-state index in [-0.39, 0.29) is 6.04 Å². The summed E-state index contributed by atoms with van der Waals surface area (Å²) in [5.41, 5.74) is 0.806. The van der Waals surface area contributed by atoms with Gasteiger partial charge in [0.2, 0.25) is 0 Å². The number of hydrogen-bond acceptors (Lipinski definition) is 2. The van der Waals surface area contributed by atoms with E-state index >= 15 is 0 Å². The van der Waals surface area contributed by atoms with Gasteiger partial charge in [-0.25, -0.2) is 0 Å². The van der Waals surface area contributed by atoms with Crippen LogP contribution in [-0.2, 0) is 6.18 Å². The van der Waals surface area contributed by atoms with Crippen LogP contribution in [0.1, 0.15) is 30.6 Å². The third-order valence-electron chi connectivity index (χ3n) is 2.37. The van der Waals surface area contributed by atoms with Crippen LogP contribution in [0.15, 0.2) is 30.5 Å². The summed E-state index contributed by atoms with van der Waals surface area (Å²) >= 11 is 0. The van der Waals surface area contributed by atoms with E-state index in [0.717, 1.165) is 17.8 Å². The van der Waals surface area contributed by atoms with Gasteiger partial charge < -0.3 is 5.32 Å². The third kappa shape index (κ3) is 3.85. The second kappa shape index (κ2) is 5.31. The maximum absolute atomic E-state index is 12.3. The molecular weight excluding hydrogens is 229 g/mol. The number of nitrogens with one attached hydrogen (secondary N) is 1. The molecule has 0 aliphatic heterocycles. The number of rotatable bonds is 4. The molecule has 1 rings (SSSR count). The first kappa shape index (κ1) is 13.7. The Morgan fingerprint density at radius 1 is 1.47 bits per heavy atom. The Morgan fingerprint density at radius 3 is 2.47 bits per heavy atom. The predicted octanol–water partition coefficient (Wildman–Crippen LogP) is 3.33. The van der Waals surface area contributed by atoms with Gasteiger partial charge in [0.1, 0.15) is 0 Å². The lowest BCUT2D eigenvalue weighted by atomic mass is 10.0. The zero-order valence-corrected chi connectivity index (χ0v) is 9.80. The molecule has 0 bridgehead atoms. The fourth-order valence-corrected chi connectivity index (χ4v) is 1.48. The molecule has 5 heteroatoms. The van der Waals surface area contributed by atoms with Crippen molar-refractivity contribution < 1.29 is 13.2 Å². The van der Waals surface area contributed by atoms with Crippen LogP contribution in [0.25, 0.3) is 0 Å². The minimum Gasteiger partial charge on any atom is -0.311 e. The van der Waals surface area contributed by atoms with E-state index in [0.29, 0.717) is 12.1 Å².